The van der Waals surface area contributed by atoms with Crippen molar-refractivity contribution < 1.29 is 4.79 Å². The molecule has 1 saturated heterocycles. The molecule has 0 unspecified atom stereocenters. The molecule has 4 aromatic rings. The second-order valence-corrected chi connectivity index (χ2v) is 10.2. The molecule has 2 aromatic heterocycles. The Morgan fingerprint density at radius 1 is 0.882 bits per heavy atom. The minimum Gasteiger partial charge on any atom is -0.352 e. The van der Waals surface area contributed by atoms with Gasteiger partial charge in [-0.05, 0) is 49.9 Å². The van der Waals surface area contributed by atoms with Crippen molar-refractivity contribution in [1.82, 2.24) is 14.9 Å². The summed E-state index contributed by atoms with van der Waals surface area (Å²) >= 11 is 1.75. The van der Waals surface area contributed by atoms with Crippen LogP contribution >= 0.6 is 11.3 Å². The summed E-state index contributed by atoms with van der Waals surface area (Å²) in [6.07, 6.45) is 1.74. The van der Waals surface area contributed by atoms with E-state index in [0.29, 0.717) is 13.1 Å². The van der Waals surface area contributed by atoms with Crippen molar-refractivity contribution in [2.24, 2.45) is 0 Å². The first-order valence-electron chi connectivity index (χ1n) is 11.9. The first-order valence-corrected chi connectivity index (χ1v) is 12.7. The van der Waals surface area contributed by atoms with Crippen LogP contribution in [0.5, 0.6) is 0 Å². The summed E-state index contributed by atoms with van der Waals surface area (Å²) in [5.74, 6) is 2.04. The lowest BCUT2D eigenvalue weighted by atomic mass is 10.1. The molecular weight excluding hydrogens is 440 g/mol. The molecule has 0 atom stereocenters. The Labute approximate surface area is 205 Å². The topological polar surface area (TPSA) is 49.3 Å². The van der Waals surface area contributed by atoms with Crippen molar-refractivity contribution in [1.29, 1.82) is 0 Å². The molecule has 1 fully saturated rings. The van der Waals surface area contributed by atoms with Gasteiger partial charge < -0.3 is 9.80 Å². The third-order valence-corrected chi connectivity index (χ3v) is 7.88. The second-order valence-electron chi connectivity index (χ2n) is 9.01. The molecule has 0 spiro atoms. The van der Waals surface area contributed by atoms with Crippen LogP contribution in [-0.4, -0.2) is 47.0 Å². The molecule has 5 rings (SSSR count). The van der Waals surface area contributed by atoms with Gasteiger partial charge in [-0.15, -0.1) is 11.3 Å². The maximum Gasteiger partial charge on any atom is 0.254 e. The number of piperazine rings is 1. The summed E-state index contributed by atoms with van der Waals surface area (Å²) in [5, 5.41) is 1.17. The lowest BCUT2D eigenvalue weighted by molar-refractivity contribution is 0.0746. The number of carbonyl (C=O) groups is 1. The van der Waals surface area contributed by atoms with Gasteiger partial charge >= 0.3 is 0 Å². The van der Waals surface area contributed by atoms with Gasteiger partial charge in [0.25, 0.3) is 5.91 Å². The van der Waals surface area contributed by atoms with Crippen LogP contribution < -0.4 is 4.90 Å². The van der Waals surface area contributed by atoms with Gasteiger partial charge in [0, 0.05) is 43.0 Å². The Balaban J connectivity index is 1.38. The first kappa shape index (κ1) is 22.5. The number of fused-ring (bicyclic) bond motifs is 1. The van der Waals surface area contributed by atoms with Gasteiger partial charge in [0.1, 0.15) is 16.5 Å². The number of rotatable bonds is 5. The van der Waals surface area contributed by atoms with E-state index < -0.39 is 0 Å². The molecule has 3 heterocycles. The van der Waals surface area contributed by atoms with Crippen molar-refractivity contribution in [3.8, 4) is 0 Å². The number of hydrogen-bond acceptors (Lipinski definition) is 5. The lowest BCUT2D eigenvalue weighted by Gasteiger charge is -2.36. The molecule has 1 aliphatic heterocycles. The fourth-order valence-electron chi connectivity index (χ4n) is 4.62. The molecular formula is C28H30N4OS. The molecule has 0 aliphatic carbocycles. The van der Waals surface area contributed by atoms with Crippen LogP contribution in [0.2, 0.25) is 0 Å². The highest BCUT2D eigenvalue weighted by molar-refractivity contribution is 7.18. The average Bonchev–Trinajstić information content (AvgIpc) is 3.16. The fourth-order valence-corrected chi connectivity index (χ4v) is 5.66. The van der Waals surface area contributed by atoms with E-state index >= 15 is 0 Å². The molecule has 6 heteroatoms. The first-order chi connectivity index (χ1) is 16.5. The van der Waals surface area contributed by atoms with Crippen molar-refractivity contribution in [3.05, 3.63) is 87.6 Å². The lowest BCUT2D eigenvalue weighted by Crippen LogP contribution is -2.49. The van der Waals surface area contributed by atoms with E-state index in [1.165, 1.54) is 21.4 Å². The summed E-state index contributed by atoms with van der Waals surface area (Å²) in [7, 11) is 0. The molecule has 1 aliphatic rings. The molecule has 0 bridgehead atoms. The SMILES string of the molecule is Cc1ccccc1C(=O)N1CCN(c2nc(CCc3ccccc3)nc3sc(C)c(C)c23)CC1. The Morgan fingerprint density at radius 3 is 2.32 bits per heavy atom. The van der Waals surface area contributed by atoms with Crippen LogP contribution in [0.4, 0.5) is 5.82 Å². The summed E-state index contributed by atoms with van der Waals surface area (Å²) in [5.41, 5.74) is 4.39. The highest BCUT2D eigenvalue weighted by Gasteiger charge is 2.26. The number of hydrogen-bond donors (Lipinski definition) is 0. The Morgan fingerprint density at radius 2 is 1.59 bits per heavy atom. The highest BCUT2D eigenvalue weighted by atomic mass is 32.1. The number of aryl methyl sites for hydroxylation is 5. The Hall–Kier alpha value is -3.25. The van der Waals surface area contributed by atoms with E-state index in [1.807, 2.05) is 42.2 Å². The van der Waals surface area contributed by atoms with E-state index in [4.69, 9.17) is 9.97 Å². The van der Waals surface area contributed by atoms with Crippen LogP contribution in [0.15, 0.2) is 54.6 Å². The molecule has 34 heavy (non-hydrogen) atoms. The molecule has 0 radical (unpaired) electrons. The number of nitrogens with zero attached hydrogens (tertiary/aromatic N) is 4. The predicted octanol–water partition coefficient (Wildman–Crippen LogP) is 5.36. The van der Waals surface area contributed by atoms with Gasteiger partial charge in [0.05, 0.1) is 5.39 Å². The second kappa shape index (κ2) is 9.55. The normalized spacial score (nSPS) is 14.1. The monoisotopic (exact) mass is 470 g/mol. The smallest absolute Gasteiger partial charge is 0.254 e. The van der Waals surface area contributed by atoms with Crippen molar-refractivity contribution in [2.75, 3.05) is 31.1 Å². The molecule has 0 saturated carbocycles. The number of carbonyl (C=O) groups excluding carboxylic acids is 1. The van der Waals surface area contributed by atoms with Crippen molar-refractivity contribution >= 4 is 33.3 Å². The third kappa shape index (κ3) is 4.42. The van der Waals surface area contributed by atoms with Crippen LogP contribution in [0, 0.1) is 20.8 Å². The maximum atomic E-state index is 13.1. The Kier molecular flexibility index (Phi) is 6.33. The molecule has 2 aromatic carbocycles. The highest BCUT2D eigenvalue weighted by Crippen LogP contribution is 2.35. The minimum absolute atomic E-state index is 0.122. The van der Waals surface area contributed by atoms with E-state index in [1.54, 1.807) is 11.3 Å². The van der Waals surface area contributed by atoms with Crippen LogP contribution in [0.3, 0.4) is 0 Å². The number of benzene rings is 2. The standard InChI is InChI=1S/C28H30N4OS/c1-19-9-7-8-12-23(19)28(33)32-17-15-31(16-18-32)26-25-20(2)21(3)34-27(25)30-24(29-26)14-13-22-10-5-4-6-11-22/h4-12H,13-18H2,1-3H3. The number of aromatic nitrogens is 2. The van der Waals surface area contributed by atoms with Crippen LogP contribution in [-0.2, 0) is 12.8 Å². The van der Waals surface area contributed by atoms with Gasteiger partial charge in [-0.2, -0.15) is 0 Å². The minimum atomic E-state index is 0.122. The molecule has 0 N–H and O–H groups in total. The predicted molar refractivity (Wildman–Crippen MR) is 140 cm³/mol. The summed E-state index contributed by atoms with van der Waals surface area (Å²) in [6.45, 7) is 9.27. The molecule has 1 amide bonds. The third-order valence-electron chi connectivity index (χ3n) is 6.78. The van der Waals surface area contributed by atoms with Crippen molar-refractivity contribution in [3.63, 3.8) is 0 Å². The van der Waals surface area contributed by atoms with E-state index in [0.717, 1.165) is 53.5 Å². The van der Waals surface area contributed by atoms with Crippen molar-refractivity contribution in [2.45, 2.75) is 33.6 Å². The number of anilines is 1. The maximum absolute atomic E-state index is 13.1. The zero-order chi connectivity index (χ0) is 23.7. The number of thiophene rings is 1. The molecule has 5 nitrogen and oxygen atoms in total. The van der Waals surface area contributed by atoms with E-state index in [2.05, 4.69) is 43.0 Å². The largest absolute Gasteiger partial charge is 0.352 e. The Bertz CT molecular complexity index is 1320. The van der Waals surface area contributed by atoms with Gasteiger partial charge in [0.15, 0.2) is 0 Å². The summed E-state index contributed by atoms with van der Waals surface area (Å²) in [4.78, 5) is 29.8. The summed E-state index contributed by atoms with van der Waals surface area (Å²) < 4.78 is 0. The van der Waals surface area contributed by atoms with Gasteiger partial charge in [-0.1, -0.05) is 48.5 Å². The zero-order valence-corrected chi connectivity index (χ0v) is 20.9. The fraction of sp³-hybridized carbons (Fsp3) is 0.321. The van der Waals surface area contributed by atoms with Crippen LogP contribution in [0.25, 0.3) is 10.2 Å². The quantitative estimate of drug-likeness (QED) is 0.394. The van der Waals surface area contributed by atoms with Gasteiger partial charge in [-0.25, -0.2) is 9.97 Å². The molecule has 174 valence electrons. The summed E-state index contributed by atoms with van der Waals surface area (Å²) in [6, 6.07) is 18.4. The van der Waals surface area contributed by atoms with Crippen LogP contribution in [0.1, 0.15) is 37.7 Å². The van der Waals surface area contributed by atoms with E-state index in [9.17, 15) is 4.79 Å². The zero-order valence-electron chi connectivity index (χ0n) is 20.0. The van der Waals surface area contributed by atoms with E-state index in [-0.39, 0.29) is 5.91 Å². The van der Waals surface area contributed by atoms with Gasteiger partial charge in [-0.3, -0.25) is 4.79 Å². The average molecular weight is 471 g/mol. The van der Waals surface area contributed by atoms with Gasteiger partial charge in [0.2, 0.25) is 0 Å². The number of amides is 1.